The van der Waals surface area contributed by atoms with Crippen molar-refractivity contribution < 1.29 is 49.5 Å². The fourth-order valence-corrected chi connectivity index (χ4v) is 2.46. The summed E-state index contributed by atoms with van der Waals surface area (Å²) in [6.07, 6.45) is -2.78. The van der Waals surface area contributed by atoms with Crippen molar-refractivity contribution in [1.29, 1.82) is 0 Å². The Morgan fingerprint density at radius 1 is 0.640 bits per heavy atom. The van der Waals surface area contributed by atoms with Crippen molar-refractivity contribution in [3.05, 3.63) is 0 Å². The topological polar surface area (TPSA) is 190 Å². The predicted molar refractivity (Wildman–Crippen MR) is 80.2 cm³/mol. The average Bonchev–Trinajstić information content (AvgIpc) is 2.42. The van der Waals surface area contributed by atoms with Crippen LogP contribution in [0.4, 0.5) is 0 Å². The van der Waals surface area contributed by atoms with Crippen molar-refractivity contribution in [3.8, 4) is 0 Å². The van der Waals surface area contributed by atoms with Crippen LogP contribution in [0.1, 0.15) is 38.5 Å². The Morgan fingerprint density at radius 2 is 1.00 bits per heavy atom. The Balaban J connectivity index is 5.59. The third-order valence-corrected chi connectivity index (χ3v) is 3.53. The molecule has 11 heteroatoms. The molecule has 0 rings (SSSR count). The van der Waals surface area contributed by atoms with Gasteiger partial charge in [-0.1, -0.05) is 0 Å². The minimum absolute atomic E-state index is 0.0450. The molecule has 0 spiro atoms. The molecule has 5 N–H and O–H groups in total. The number of nitrogens with zero attached hydrogens (tertiary/aromatic N) is 1. The van der Waals surface area contributed by atoms with Crippen LogP contribution in [-0.2, 0) is 24.0 Å². The molecule has 0 bridgehead atoms. The van der Waals surface area contributed by atoms with Crippen LogP contribution in [0.2, 0.25) is 0 Å². The van der Waals surface area contributed by atoms with E-state index in [4.69, 9.17) is 20.4 Å². The maximum Gasteiger partial charge on any atom is 0.325 e. The lowest BCUT2D eigenvalue weighted by Crippen LogP contribution is -2.57. The molecule has 0 saturated heterocycles. The van der Waals surface area contributed by atoms with Crippen LogP contribution < -0.4 is 0 Å². The van der Waals surface area contributed by atoms with E-state index in [9.17, 15) is 29.1 Å². The van der Waals surface area contributed by atoms with Gasteiger partial charge in [0.2, 0.25) is 0 Å². The fraction of sp³-hybridized carbons (Fsp3) is 0.643. The first-order valence-electron chi connectivity index (χ1n) is 7.37. The van der Waals surface area contributed by atoms with E-state index >= 15 is 0 Å². The van der Waals surface area contributed by atoms with Crippen LogP contribution in [-0.4, -0.2) is 78.9 Å². The highest BCUT2D eigenvalue weighted by atomic mass is 16.4. The minimum atomic E-state index is -2.30. The number of hydrogen-bond acceptors (Lipinski definition) is 6. The SMILES string of the molecule is O=C(O)CCCN(CCCC(=O)O)C(CC(=O)O)(CC(=O)O)C(=O)O. The molecule has 0 aliphatic carbocycles. The zero-order valence-corrected chi connectivity index (χ0v) is 13.4. The van der Waals surface area contributed by atoms with E-state index in [2.05, 4.69) is 0 Å². The predicted octanol–water partition coefficient (Wildman–Crippen LogP) is -0.209. The average molecular weight is 363 g/mol. The van der Waals surface area contributed by atoms with E-state index in [0.717, 1.165) is 4.90 Å². The number of rotatable bonds is 14. The number of carboxylic acids is 5. The van der Waals surface area contributed by atoms with Crippen molar-refractivity contribution in [3.63, 3.8) is 0 Å². The van der Waals surface area contributed by atoms with Gasteiger partial charge in [0.25, 0.3) is 0 Å². The summed E-state index contributed by atoms with van der Waals surface area (Å²) in [5.74, 6) is -7.05. The minimum Gasteiger partial charge on any atom is -0.481 e. The zero-order valence-electron chi connectivity index (χ0n) is 13.4. The van der Waals surface area contributed by atoms with E-state index in [1.54, 1.807) is 0 Å². The number of hydrogen-bond donors (Lipinski definition) is 5. The molecule has 0 unspecified atom stereocenters. The molecule has 0 aromatic carbocycles. The molecule has 11 nitrogen and oxygen atoms in total. The summed E-state index contributed by atoms with van der Waals surface area (Å²) >= 11 is 0. The fourth-order valence-electron chi connectivity index (χ4n) is 2.46. The summed E-state index contributed by atoms with van der Waals surface area (Å²) in [4.78, 5) is 56.2. The highest BCUT2D eigenvalue weighted by Gasteiger charge is 2.47. The number of carboxylic acid groups (broad SMARTS) is 5. The van der Waals surface area contributed by atoms with Crippen LogP contribution in [0, 0.1) is 0 Å². The lowest BCUT2D eigenvalue weighted by molar-refractivity contribution is -0.164. The molecule has 0 aliphatic heterocycles. The molecule has 25 heavy (non-hydrogen) atoms. The maximum absolute atomic E-state index is 11.7. The molecule has 0 radical (unpaired) electrons. The van der Waals surface area contributed by atoms with E-state index in [1.807, 2.05) is 0 Å². The van der Waals surface area contributed by atoms with Gasteiger partial charge in [0.1, 0.15) is 5.54 Å². The molecule has 0 aliphatic rings. The normalized spacial score (nSPS) is 11.2. The molecule has 0 atom stereocenters. The van der Waals surface area contributed by atoms with E-state index in [-0.39, 0.29) is 38.8 Å². The van der Waals surface area contributed by atoms with Gasteiger partial charge in [-0.15, -0.1) is 0 Å². The van der Waals surface area contributed by atoms with Gasteiger partial charge in [0, 0.05) is 12.8 Å². The van der Waals surface area contributed by atoms with Gasteiger partial charge in [0.15, 0.2) is 0 Å². The van der Waals surface area contributed by atoms with Crippen molar-refractivity contribution in [1.82, 2.24) is 4.90 Å². The van der Waals surface area contributed by atoms with Gasteiger partial charge in [-0.05, 0) is 25.9 Å². The second-order valence-corrected chi connectivity index (χ2v) is 5.46. The highest BCUT2D eigenvalue weighted by molar-refractivity contribution is 5.89. The summed E-state index contributed by atoms with van der Waals surface area (Å²) in [6.45, 7) is -0.391. The second kappa shape index (κ2) is 10.2. The lowest BCUT2D eigenvalue weighted by atomic mass is 9.88. The standard InChI is InChI=1S/C14H21NO10/c16-9(17)3-1-5-15(6-2-4-10(18)19)14(13(24)25,7-11(20)21)8-12(22)23/h1-8H2,(H,16,17)(H,18,19)(H,20,21)(H,22,23)(H,24,25). The van der Waals surface area contributed by atoms with Gasteiger partial charge >= 0.3 is 29.8 Å². The van der Waals surface area contributed by atoms with Gasteiger partial charge in [-0.2, -0.15) is 0 Å². The molecule has 0 amide bonds. The van der Waals surface area contributed by atoms with Crippen LogP contribution in [0.25, 0.3) is 0 Å². The van der Waals surface area contributed by atoms with Crippen molar-refractivity contribution >= 4 is 29.8 Å². The summed E-state index contributed by atoms with van der Waals surface area (Å²) in [5.41, 5.74) is -2.30. The lowest BCUT2D eigenvalue weighted by Gasteiger charge is -2.39. The third-order valence-electron chi connectivity index (χ3n) is 3.53. The molecular weight excluding hydrogens is 342 g/mol. The Bertz CT molecular complexity index is 494. The van der Waals surface area contributed by atoms with E-state index < -0.39 is 48.2 Å². The molecule has 0 heterocycles. The van der Waals surface area contributed by atoms with Gasteiger partial charge < -0.3 is 25.5 Å². The molecule has 0 fully saturated rings. The molecule has 0 aromatic heterocycles. The van der Waals surface area contributed by atoms with Gasteiger partial charge in [-0.3, -0.25) is 28.9 Å². The number of aliphatic carboxylic acids is 5. The zero-order chi connectivity index (χ0) is 19.6. The first kappa shape index (κ1) is 22.3. The van der Waals surface area contributed by atoms with E-state index in [0.29, 0.717) is 0 Å². The second-order valence-electron chi connectivity index (χ2n) is 5.46. The summed E-state index contributed by atoms with van der Waals surface area (Å²) < 4.78 is 0. The third kappa shape index (κ3) is 8.11. The molecule has 0 aromatic rings. The first-order chi connectivity index (χ1) is 11.5. The van der Waals surface area contributed by atoms with Crippen LogP contribution in [0.3, 0.4) is 0 Å². The van der Waals surface area contributed by atoms with Gasteiger partial charge in [0.05, 0.1) is 12.8 Å². The maximum atomic E-state index is 11.7. The van der Waals surface area contributed by atoms with E-state index in [1.165, 1.54) is 0 Å². The Kier molecular flexibility index (Phi) is 9.13. The largest absolute Gasteiger partial charge is 0.481 e. The van der Waals surface area contributed by atoms with Crippen molar-refractivity contribution in [2.75, 3.05) is 13.1 Å². The quantitative estimate of drug-likeness (QED) is 0.274. The molecular formula is C14H21NO10. The highest BCUT2D eigenvalue weighted by Crippen LogP contribution is 2.27. The van der Waals surface area contributed by atoms with Crippen molar-refractivity contribution in [2.24, 2.45) is 0 Å². The van der Waals surface area contributed by atoms with Gasteiger partial charge in [-0.25, -0.2) is 0 Å². The smallest absolute Gasteiger partial charge is 0.325 e. The van der Waals surface area contributed by atoms with Crippen LogP contribution in [0.15, 0.2) is 0 Å². The summed E-state index contributed by atoms with van der Waals surface area (Å²) in [7, 11) is 0. The monoisotopic (exact) mass is 363 g/mol. The van der Waals surface area contributed by atoms with Crippen LogP contribution >= 0.6 is 0 Å². The summed E-state index contributed by atoms with van der Waals surface area (Å²) in [6, 6.07) is 0. The van der Waals surface area contributed by atoms with Crippen molar-refractivity contribution in [2.45, 2.75) is 44.1 Å². The molecule has 142 valence electrons. The number of carbonyl (C=O) groups is 5. The summed E-state index contributed by atoms with van der Waals surface area (Å²) in [5, 5.41) is 44.9. The molecule has 0 saturated carbocycles. The van der Waals surface area contributed by atoms with Crippen LogP contribution in [0.5, 0.6) is 0 Å². The Hall–Kier alpha value is -2.69. The Morgan fingerprint density at radius 3 is 1.24 bits per heavy atom. The Labute approximate surface area is 142 Å². The first-order valence-corrected chi connectivity index (χ1v) is 7.37.